The van der Waals surface area contributed by atoms with E-state index in [1.807, 2.05) is 0 Å². The fourth-order valence-electron chi connectivity index (χ4n) is 5.20. The van der Waals surface area contributed by atoms with Crippen molar-refractivity contribution >= 4 is 0 Å². The van der Waals surface area contributed by atoms with Gasteiger partial charge in [-0.1, -0.05) is 34.1 Å². The molecule has 2 nitrogen and oxygen atoms in total. The molecule has 1 aliphatic heterocycles. The third kappa shape index (κ3) is 3.52. The Kier molecular flexibility index (Phi) is 4.32. The number of piperidine rings is 1. The van der Waals surface area contributed by atoms with Crippen LogP contribution in [0.4, 0.5) is 0 Å². The highest BCUT2D eigenvalue weighted by Gasteiger charge is 2.43. The smallest absolute Gasteiger partial charge is 0.0224 e. The van der Waals surface area contributed by atoms with E-state index in [1.165, 1.54) is 38.5 Å². The summed E-state index contributed by atoms with van der Waals surface area (Å²) in [6.45, 7) is 13.1. The van der Waals surface area contributed by atoms with E-state index >= 15 is 0 Å². The van der Waals surface area contributed by atoms with E-state index in [-0.39, 0.29) is 0 Å². The van der Waals surface area contributed by atoms with Crippen LogP contribution in [0.5, 0.6) is 0 Å². The quantitative estimate of drug-likeness (QED) is 0.824. The second-order valence-electron chi connectivity index (χ2n) is 8.68. The van der Waals surface area contributed by atoms with Crippen molar-refractivity contribution in [1.29, 1.82) is 0 Å². The van der Waals surface area contributed by atoms with Gasteiger partial charge in [0.25, 0.3) is 0 Å². The second-order valence-corrected chi connectivity index (χ2v) is 8.68. The van der Waals surface area contributed by atoms with E-state index in [9.17, 15) is 0 Å². The molecule has 2 N–H and O–H groups in total. The van der Waals surface area contributed by atoms with Gasteiger partial charge < -0.3 is 5.73 Å². The van der Waals surface area contributed by atoms with Crippen molar-refractivity contribution in [3.63, 3.8) is 0 Å². The van der Waals surface area contributed by atoms with Crippen molar-refractivity contribution in [1.82, 2.24) is 4.90 Å². The van der Waals surface area contributed by atoms with Crippen molar-refractivity contribution in [2.75, 3.05) is 6.54 Å². The molecule has 0 aromatic heterocycles. The monoisotopic (exact) mass is 266 g/mol. The average molecular weight is 266 g/mol. The number of hydrogen-bond donors (Lipinski definition) is 1. The lowest BCUT2D eigenvalue weighted by Crippen LogP contribution is -2.57. The molecule has 1 aliphatic carbocycles. The summed E-state index contributed by atoms with van der Waals surface area (Å²) in [6.07, 6.45) is 8.06. The standard InChI is InChI=1S/C17H34N2/c1-13-7-6-8-14(11-18)19(13)15-9-16(2,3)12-17(4,5)10-15/h13-15H,6-12,18H2,1-5H3. The van der Waals surface area contributed by atoms with Gasteiger partial charge in [0.2, 0.25) is 0 Å². The largest absolute Gasteiger partial charge is 0.329 e. The Morgan fingerprint density at radius 1 is 1.05 bits per heavy atom. The molecular weight excluding hydrogens is 232 g/mol. The second kappa shape index (κ2) is 5.37. The van der Waals surface area contributed by atoms with Crippen LogP contribution in [0.15, 0.2) is 0 Å². The summed E-state index contributed by atoms with van der Waals surface area (Å²) < 4.78 is 0. The Morgan fingerprint density at radius 2 is 1.63 bits per heavy atom. The molecule has 2 fully saturated rings. The van der Waals surface area contributed by atoms with E-state index in [2.05, 4.69) is 39.5 Å². The molecule has 2 aliphatic rings. The minimum Gasteiger partial charge on any atom is -0.329 e. The molecular formula is C17H34N2. The highest BCUT2D eigenvalue weighted by molar-refractivity contribution is 4.97. The summed E-state index contributed by atoms with van der Waals surface area (Å²) in [6, 6.07) is 2.08. The summed E-state index contributed by atoms with van der Waals surface area (Å²) in [7, 11) is 0. The summed E-state index contributed by atoms with van der Waals surface area (Å²) in [4.78, 5) is 2.80. The number of rotatable bonds is 2. The van der Waals surface area contributed by atoms with Gasteiger partial charge in [0.15, 0.2) is 0 Å². The maximum absolute atomic E-state index is 6.06. The molecule has 2 heteroatoms. The topological polar surface area (TPSA) is 29.3 Å². The zero-order valence-electron chi connectivity index (χ0n) is 13.7. The molecule has 1 heterocycles. The number of likely N-dealkylation sites (tertiary alicyclic amines) is 1. The van der Waals surface area contributed by atoms with Crippen molar-refractivity contribution in [2.24, 2.45) is 16.6 Å². The molecule has 0 aromatic rings. The lowest BCUT2D eigenvalue weighted by molar-refractivity contribution is -0.0297. The highest BCUT2D eigenvalue weighted by Crippen LogP contribution is 2.48. The molecule has 0 radical (unpaired) electrons. The van der Waals surface area contributed by atoms with E-state index in [1.54, 1.807) is 0 Å². The predicted octanol–water partition coefficient (Wildman–Crippen LogP) is 3.79. The first-order valence-electron chi connectivity index (χ1n) is 8.22. The van der Waals surface area contributed by atoms with Gasteiger partial charge >= 0.3 is 0 Å². The van der Waals surface area contributed by atoms with Crippen LogP contribution in [0.3, 0.4) is 0 Å². The molecule has 19 heavy (non-hydrogen) atoms. The van der Waals surface area contributed by atoms with Gasteiger partial charge in [-0.05, 0) is 49.9 Å². The van der Waals surface area contributed by atoms with Crippen LogP contribution in [0.1, 0.15) is 73.1 Å². The summed E-state index contributed by atoms with van der Waals surface area (Å²) in [5, 5.41) is 0. The fraction of sp³-hybridized carbons (Fsp3) is 1.00. The highest BCUT2D eigenvalue weighted by atomic mass is 15.2. The third-order valence-corrected chi connectivity index (χ3v) is 5.32. The van der Waals surface area contributed by atoms with Crippen molar-refractivity contribution < 1.29 is 0 Å². The van der Waals surface area contributed by atoms with Crippen LogP contribution in [0.25, 0.3) is 0 Å². The minimum atomic E-state index is 0.475. The number of nitrogens with zero attached hydrogens (tertiary/aromatic N) is 1. The van der Waals surface area contributed by atoms with E-state index in [0.717, 1.165) is 18.6 Å². The van der Waals surface area contributed by atoms with Gasteiger partial charge in [0.1, 0.15) is 0 Å². The molecule has 0 aromatic carbocycles. The molecule has 2 rings (SSSR count). The number of hydrogen-bond acceptors (Lipinski definition) is 2. The Hall–Kier alpha value is -0.0800. The average Bonchev–Trinajstić information content (AvgIpc) is 2.24. The predicted molar refractivity (Wildman–Crippen MR) is 83.2 cm³/mol. The summed E-state index contributed by atoms with van der Waals surface area (Å²) >= 11 is 0. The van der Waals surface area contributed by atoms with Crippen molar-refractivity contribution in [2.45, 2.75) is 91.3 Å². The molecule has 2 unspecified atom stereocenters. The van der Waals surface area contributed by atoms with Gasteiger partial charge in [-0.15, -0.1) is 0 Å². The first-order valence-corrected chi connectivity index (χ1v) is 8.22. The minimum absolute atomic E-state index is 0.475. The van der Waals surface area contributed by atoms with Crippen LogP contribution < -0.4 is 5.73 Å². The molecule has 112 valence electrons. The molecule has 1 saturated carbocycles. The Bertz CT molecular complexity index is 292. The maximum atomic E-state index is 6.06. The first-order chi connectivity index (χ1) is 8.74. The zero-order chi connectivity index (χ0) is 14.3. The van der Waals surface area contributed by atoms with E-state index in [0.29, 0.717) is 16.9 Å². The SMILES string of the molecule is CC1CCCC(CN)N1C1CC(C)(C)CC(C)(C)C1. The van der Waals surface area contributed by atoms with Crippen molar-refractivity contribution in [3.05, 3.63) is 0 Å². The fourth-order valence-corrected chi connectivity index (χ4v) is 5.20. The molecule has 0 bridgehead atoms. The normalized spacial score (nSPS) is 36.3. The lowest BCUT2D eigenvalue weighted by atomic mass is 9.63. The molecule has 0 spiro atoms. The van der Waals surface area contributed by atoms with Crippen LogP contribution >= 0.6 is 0 Å². The first kappa shape index (κ1) is 15.3. The van der Waals surface area contributed by atoms with Crippen molar-refractivity contribution in [3.8, 4) is 0 Å². The van der Waals surface area contributed by atoms with Crippen LogP contribution in [-0.4, -0.2) is 29.6 Å². The summed E-state index contributed by atoms with van der Waals surface area (Å²) in [5.41, 5.74) is 7.01. The molecule has 2 atom stereocenters. The van der Waals surface area contributed by atoms with Gasteiger partial charge in [0.05, 0.1) is 0 Å². The van der Waals surface area contributed by atoms with Gasteiger partial charge in [-0.3, -0.25) is 4.90 Å². The van der Waals surface area contributed by atoms with Crippen LogP contribution in [-0.2, 0) is 0 Å². The van der Waals surface area contributed by atoms with Crippen LogP contribution in [0, 0.1) is 10.8 Å². The van der Waals surface area contributed by atoms with E-state index in [4.69, 9.17) is 5.73 Å². The number of nitrogens with two attached hydrogens (primary N) is 1. The van der Waals surface area contributed by atoms with E-state index < -0.39 is 0 Å². The zero-order valence-corrected chi connectivity index (χ0v) is 13.7. The Morgan fingerprint density at radius 3 is 2.16 bits per heavy atom. The maximum Gasteiger partial charge on any atom is 0.0224 e. The van der Waals surface area contributed by atoms with Gasteiger partial charge in [-0.25, -0.2) is 0 Å². The van der Waals surface area contributed by atoms with Gasteiger partial charge in [0, 0.05) is 24.7 Å². The Balaban J connectivity index is 2.18. The van der Waals surface area contributed by atoms with Crippen LogP contribution in [0.2, 0.25) is 0 Å². The Labute approximate surface area is 120 Å². The molecule has 1 saturated heterocycles. The summed E-state index contributed by atoms with van der Waals surface area (Å²) in [5.74, 6) is 0. The third-order valence-electron chi connectivity index (χ3n) is 5.32. The lowest BCUT2D eigenvalue weighted by Gasteiger charge is -2.53. The molecule has 0 amide bonds. The van der Waals surface area contributed by atoms with Gasteiger partial charge in [-0.2, -0.15) is 0 Å².